The number of anilines is 2. The van der Waals surface area contributed by atoms with Crippen LogP contribution in [-0.4, -0.2) is 37.4 Å². The summed E-state index contributed by atoms with van der Waals surface area (Å²) >= 11 is 0. The van der Waals surface area contributed by atoms with Crippen molar-refractivity contribution in [3.05, 3.63) is 24.0 Å². The highest BCUT2D eigenvalue weighted by Crippen LogP contribution is 2.26. The van der Waals surface area contributed by atoms with Gasteiger partial charge in [0.05, 0.1) is 17.9 Å². The fourth-order valence-corrected chi connectivity index (χ4v) is 3.82. The topological polar surface area (TPSA) is 53.6 Å². The van der Waals surface area contributed by atoms with Crippen LogP contribution >= 0.6 is 0 Å². The van der Waals surface area contributed by atoms with Crippen LogP contribution in [0, 0.1) is 5.82 Å². The van der Waals surface area contributed by atoms with Gasteiger partial charge < -0.3 is 20.3 Å². The van der Waals surface area contributed by atoms with E-state index in [2.05, 4.69) is 10.6 Å². The molecule has 0 bridgehead atoms. The van der Waals surface area contributed by atoms with Gasteiger partial charge in [0.2, 0.25) is 0 Å². The summed E-state index contributed by atoms with van der Waals surface area (Å²) in [6.07, 6.45) is 5.74. The van der Waals surface area contributed by atoms with E-state index >= 15 is 0 Å². The van der Waals surface area contributed by atoms with Crippen molar-refractivity contribution in [1.29, 1.82) is 0 Å². The van der Waals surface area contributed by atoms with Gasteiger partial charge in [-0.1, -0.05) is 19.3 Å². The number of hydrogen-bond acceptors (Lipinski definition) is 3. The van der Waals surface area contributed by atoms with E-state index in [1.165, 1.54) is 12.5 Å². The van der Waals surface area contributed by atoms with Crippen molar-refractivity contribution in [2.45, 2.75) is 64.2 Å². The molecule has 6 heteroatoms. The molecule has 2 aliphatic rings. The number of urea groups is 1. The van der Waals surface area contributed by atoms with E-state index in [0.29, 0.717) is 24.5 Å². The van der Waals surface area contributed by atoms with Crippen LogP contribution in [0.15, 0.2) is 18.2 Å². The Labute approximate surface area is 148 Å². The van der Waals surface area contributed by atoms with Crippen LogP contribution < -0.4 is 15.5 Å². The van der Waals surface area contributed by atoms with Crippen molar-refractivity contribution in [2.75, 3.05) is 23.3 Å². The number of benzene rings is 1. The Bertz CT molecular complexity index is 594. The Hall–Kier alpha value is -1.82. The third-order valence-corrected chi connectivity index (χ3v) is 4.91. The number of ether oxygens (including phenoxy) is 1. The largest absolute Gasteiger partial charge is 0.372 e. The molecule has 1 aromatic carbocycles. The number of nitrogens with one attached hydrogen (secondary N) is 2. The predicted molar refractivity (Wildman–Crippen MR) is 97.6 cm³/mol. The van der Waals surface area contributed by atoms with Gasteiger partial charge in [0.1, 0.15) is 5.82 Å². The molecule has 2 unspecified atom stereocenters. The Kier molecular flexibility index (Phi) is 5.78. The van der Waals surface area contributed by atoms with Gasteiger partial charge in [-0.05, 0) is 44.9 Å². The van der Waals surface area contributed by atoms with Gasteiger partial charge in [-0.3, -0.25) is 0 Å². The molecule has 2 N–H and O–H groups in total. The van der Waals surface area contributed by atoms with Crippen LogP contribution in [0.5, 0.6) is 0 Å². The average molecular weight is 349 g/mol. The maximum Gasteiger partial charge on any atom is 0.319 e. The molecule has 138 valence electrons. The Morgan fingerprint density at radius 2 is 1.84 bits per heavy atom. The number of morpholine rings is 1. The summed E-state index contributed by atoms with van der Waals surface area (Å²) in [6.45, 7) is 5.31. The maximum atomic E-state index is 14.5. The fourth-order valence-electron chi connectivity index (χ4n) is 3.82. The average Bonchev–Trinajstić information content (AvgIpc) is 2.54. The second-order valence-electron chi connectivity index (χ2n) is 7.26. The smallest absolute Gasteiger partial charge is 0.319 e. The maximum absolute atomic E-state index is 14.5. The molecule has 5 nitrogen and oxygen atoms in total. The van der Waals surface area contributed by atoms with Gasteiger partial charge in [-0.2, -0.15) is 0 Å². The van der Waals surface area contributed by atoms with E-state index in [1.807, 2.05) is 18.7 Å². The van der Waals surface area contributed by atoms with Crippen LogP contribution in [0.2, 0.25) is 0 Å². The van der Waals surface area contributed by atoms with Crippen LogP contribution in [0.25, 0.3) is 0 Å². The van der Waals surface area contributed by atoms with Gasteiger partial charge in [-0.15, -0.1) is 0 Å². The SMILES string of the molecule is CC1CN(c2ccc(NC(=O)NC3CCCCC3)cc2F)CC(C)O1. The molecule has 1 heterocycles. The number of carbonyl (C=O) groups excluding carboxylic acids is 1. The molecular formula is C19H28FN3O2. The molecule has 1 aromatic rings. The lowest BCUT2D eigenvalue weighted by Gasteiger charge is -2.37. The Morgan fingerprint density at radius 1 is 1.16 bits per heavy atom. The van der Waals surface area contributed by atoms with Crippen LogP contribution in [0.1, 0.15) is 46.0 Å². The lowest BCUT2D eigenvalue weighted by molar-refractivity contribution is -0.00539. The second-order valence-corrected chi connectivity index (χ2v) is 7.26. The lowest BCUT2D eigenvalue weighted by atomic mass is 9.96. The number of carbonyl (C=O) groups is 1. The zero-order chi connectivity index (χ0) is 17.8. The molecule has 0 radical (unpaired) electrons. The zero-order valence-corrected chi connectivity index (χ0v) is 15.1. The summed E-state index contributed by atoms with van der Waals surface area (Å²) in [7, 11) is 0. The first-order valence-corrected chi connectivity index (χ1v) is 9.28. The van der Waals surface area contributed by atoms with Gasteiger partial charge in [0.15, 0.2) is 0 Å². The van der Waals surface area contributed by atoms with E-state index < -0.39 is 0 Å². The van der Waals surface area contributed by atoms with Crippen LogP contribution in [0.3, 0.4) is 0 Å². The number of nitrogens with zero attached hydrogens (tertiary/aromatic N) is 1. The minimum Gasteiger partial charge on any atom is -0.372 e. The van der Waals surface area contributed by atoms with Crippen molar-refractivity contribution < 1.29 is 13.9 Å². The van der Waals surface area contributed by atoms with Crippen LogP contribution in [0.4, 0.5) is 20.6 Å². The highest BCUT2D eigenvalue weighted by Gasteiger charge is 2.24. The van der Waals surface area contributed by atoms with Crippen molar-refractivity contribution in [1.82, 2.24) is 5.32 Å². The van der Waals surface area contributed by atoms with E-state index in [0.717, 1.165) is 25.7 Å². The normalized spacial score (nSPS) is 24.8. The van der Waals surface area contributed by atoms with Gasteiger partial charge >= 0.3 is 6.03 Å². The summed E-state index contributed by atoms with van der Waals surface area (Å²) < 4.78 is 20.2. The number of amides is 2. The van der Waals surface area contributed by atoms with Crippen LogP contribution in [-0.2, 0) is 4.74 Å². The molecule has 0 aromatic heterocycles. The first-order chi connectivity index (χ1) is 12.0. The number of rotatable bonds is 3. The summed E-state index contributed by atoms with van der Waals surface area (Å²) in [6, 6.07) is 4.85. The van der Waals surface area contributed by atoms with Crippen molar-refractivity contribution in [3.8, 4) is 0 Å². The van der Waals surface area contributed by atoms with E-state index in [9.17, 15) is 9.18 Å². The molecule has 2 atom stereocenters. The van der Waals surface area contributed by atoms with E-state index in [-0.39, 0.29) is 30.1 Å². The predicted octanol–water partition coefficient (Wildman–Crippen LogP) is 3.89. The molecule has 25 heavy (non-hydrogen) atoms. The zero-order valence-electron chi connectivity index (χ0n) is 15.1. The minimum absolute atomic E-state index is 0.0715. The van der Waals surface area contributed by atoms with Crippen molar-refractivity contribution in [3.63, 3.8) is 0 Å². The molecular weight excluding hydrogens is 321 g/mol. The molecule has 1 aliphatic heterocycles. The third kappa shape index (κ3) is 4.84. The number of hydrogen-bond donors (Lipinski definition) is 2. The molecule has 1 aliphatic carbocycles. The molecule has 1 saturated heterocycles. The summed E-state index contributed by atoms with van der Waals surface area (Å²) in [5.41, 5.74) is 1.03. The van der Waals surface area contributed by atoms with Crippen molar-refractivity contribution in [2.24, 2.45) is 0 Å². The lowest BCUT2D eigenvalue weighted by Crippen LogP contribution is -2.45. The Balaban J connectivity index is 1.60. The van der Waals surface area contributed by atoms with E-state index in [4.69, 9.17) is 4.74 Å². The number of halogens is 1. The minimum atomic E-state index is -0.322. The fraction of sp³-hybridized carbons (Fsp3) is 0.632. The molecule has 3 rings (SSSR count). The molecule has 2 amide bonds. The first-order valence-electron chi connectivity index (χ1n) is 9.28. The summed E-state index contributed by atoms with van der Waals surface area (Å²) in [4.78, 5) is 14.1. The second kappa shape index (κ2) is 8.04. The van der Waals surface area contributed by atoms with Gasteiger partial charge in [0, 0.05) is 24.8 Å². The highest BCUT2D eigenvalue weighted by atomic mass is 19.1. The molecule has 0 spiro atoms. The molecule has 2 fully saturated rings. The Morgan fingerprint density at radius 3 is 2.48 bits per heavy atom. The standard InChI is InChI=1S/C19H28FN3O2/c1-13-11-23(12-14(2)25-13)18-9-8-16(10-17(18)20)22-19(24)21-15-6-4-3-5-7-15/h8-10,13-15H,3-7,11-12H2,1-2H3,(H2,21,22,24). The summed E-state index contributed by atoms with van der Waals surface area (Å²) in [5, 5.41) is 5.72. The van der Waals surface area contributed by atoms with E-state index in [1.54, 1.807) is 12.1 Å². The highest BCUT2D eigenvalue weighted by molar-refractivity contribution is 5.89. The van der Waals surface area contributed by atoms with Gasteiger partial charge in [-0.25, -0.2) is 9.18 Å². The quantitative estimate of drug-likeness (QED) is 0.870. The third-order valence-electron chi connectivity index (χ3n) is 4.91. The van der Waals surface area contributed by atoms with Gasteiger partial charge in [0.25, 0.3) is 0 Å². The molecule has 1 saturated carbocycles. The summed E-state index contributed by atoms with van der Waals surface area (Å²) in [5.74, 6) is -0.322. The monoisotopic (exact) mass is 349 g/mol. The van der Waals surface area contributed by atoms with Crippen molar-refractivity contribution >= 4 is 17.4 Å². The first kappa shape index (κ1) is 18.0.